The number of carboxylic acids is 1. The normalized spacial score (nSPS) is 14.2. The van der Waals surface area contributed by atoms with Gasteiger partial charge in [0.05, 0.1) is 0 Å². The number of rotatable bonds is 7. The number of urea groups is 1. The van der Waals surface area contributed by atoms with Gasteiger partial charge in [-0.05, 0) is 18.8 Å². The Morgan fingerprint density at radius 2 is 1.82 bits per heavy atom. The predicted molar refractivity (Wildman–Crippen MR) is 66.9 cm³/mol. The van der Waals surface area contributed by atoms with E-state index in [2.05, 4.69) is 10.6 Å². The molecule has 0 spiro atoms. The third kappa shape index (κ3) is 7.60. The average molecular weight is 244 g/mol. The largest absolute Gasteiger partial charge is 0.481 e. The lowest BCUT2D eigenvalue weighted by Crippen LogP contribution is -2.44. The summed E-state index contributed by atoms with van der Waals surface area (Å²) in [7, 11) is 0. The van der Waals surface area contributed by atoms with E-state index >= 15 is 0 Å². The van der Waals surface area contributed by atoms with E-state index in [4.69, 9.17) is 5.11 Å². The van der Waals surface area contributed by atoms with Crippen LogP contribution in [-0.4, -0.2) is 29.7 Å². The highest BCUT2D eigenvalue weighted by molar-refractivity contribution is 5.74. The fourth-order valence-electron chi connectivity index (χ4n) is 1.27. The van der Waals surface area contributed by atoms with Crippen LogP contribution < -0.4 is 10.6 Å². The Kier molecular flexibility index (Phi) is 7.34. The van der Waals surface area contributed by atoms with Crippen molar-refractivity contribution in [3.8, 4) is 0 Å². The van der Waals surface area contributed by atoms with Crippen molar-refractivity contribution in [2.45, 2.75) is 46.6 Å². The van der Waals surface area contributed by atoms with Crippen LogP contribution in [0.15, 0.2) is 0 Å². The topological polar surface area (TPSA) is 78.4 Å². The zero-order chi connectivity index (χ0) is 13.4. The lowest BCUT2D eigenvalue weighted by molar-refractivity contribution is -0.138. The third-order valence-electron chi connectivity index (χ3n) is 2.95. The van der Waals surface area contributed by atoms with Gasteiger partial charge in [-0.2, -0.15) is 0 Å². The van der Waals surface area contributed by atoms with Crippen molar-refractivity contribution in [3.05, 3.63) is 0 Å². The molecular weight excluding hydrogens is 220 g/mol. The van der Waals surface area contributed by atoms with Crippen LogP contribution in [0.5, 0.6) is 0 Å². The SMILES string of the molecule is CCC(CNC(=O)NC(C)C(C)C)CC(=O)O. The van der Waals surface area contributed by atoms with E-state index in [1.54, 1.807) is 0 Å². The molecule has 2 unspecified atom stereocenters. The number of carbonyl (C=O) groups is 2. The molecule has 2 amide bonds. The van der Waals surface area contributed by atoms with Gasteiger partial charge >= 0.3 is 12.0 Å². The van der Waals surface area contributed by atoms with Crippen LogP contribution in [0, 0.1) is 11.8 Å². The Labute approximate surface area is 103 Å². The number of aliphatic carboxylic acids is 1. The predicted octanol–water partition coefficient (Wildman–Crippen LogP) is 1.83. The number of hydrogen-bond acceptors (Lipinski definition) is 2. The average Bonchev–Trinajstić information content (AvgIpc) is 2.23. The van der Waals surface area contributed by atoms with E-state index in [1.165, 1.54) is 0 Å². The molecule has 0 aliphatic carbocycles. The van der Waals surface area contributed by atoms with Crippen LogP contribution >= 0.6 is 0 Å². The lowest BCUT2D eigenvalue weighted by atomic mass is 10.0. The highest BCUT2D eigenvalue weighted by atomic mass is 16.4. The summed E-state index contributed by atoms with van der Waals surface area (Å²) in [6.07, 6.45) is 0.836. The summed E-state index contributed by atoms with van der Waals surface area (Å²) in [6, 6.07) is -0.121. The molecule has 0 saturated carbocycles. The van der Waals surface area contributed by atoms with Crippen LogP contribution in [0.1, 0.15) is 40.5 Å². The van der Waals surface area contributed by atoms with Gasteiger partial charge in [0.15, 0.2) is 0 Å². The quantitative estimate of drug-likeness (QED) is 0.639. The molecule has 0 aromatic rings. The van der Waals surface area contributed by atoms with Gasteiger partial charge in [-0.15, -0.1) is 0 Å². The molecular formula is C12H24N2O3. The molecule has 0 aliphatic rings. The lowest BCUT2D eigenvalue weighted by Gasteiger charge is -2.19. The van der Waals surface area contributed by atoms with Gasteiger partial charge in [-0.3, -0.25) is 4.79 Å². The second kappa shape index (κ2) is 7.92. The fourth-order valence-corrected chi connectivity index (χ4v) is 1.27. The van der Waals surface area contributed by atoms with E-state index in [9.17, 15) is 9.59 Å². The minimum Gasteiger partial charge on any atom is -0.481 e. The first-order valence-corrected chi connectivity index (χ1v) is 6.12. The van der Waals surface area contributed by atoms with Crippen molar-refractivity contribution in [3.63, 3.8) is 0 Å². The molecule has 0 fully saturated rings. The van der Waals surface area contributed by atoms with Gasteiger partial charge in [0.2, 0.25) is 0 Å². The maximum absolute atomic E-state index is 11.5. The first-order chi connectivity index (χ1) is 7.86. The van der Waals surface area contributed by atoms with Crippen molar-refractivity contribution in [2.24, 2.45) is 11.8 Å². The molecule has 0 aromatic carbocycles. The smallest absolute Gasteiger partial charge is 0.315 e. The highest BCUT2D eigenvalue weighted by Crippen LogP contribution is 2.06. The van der Waals surface area contributed by atoms with Crippen molar-refractivity contribution < 1.29 is 14.7 Å². The van der Waals surface area contributed by atoms with Crippen LogP contribution in [-0.2, 0) is 4.79 Å². The highest BCUT2D eigenvalue weighted by Gasteiger charge is 2.14. The van der Waals surface area contributed by atoms with Crippen LogP contribution in [0.3, 0.4) is 0 Å². The summed E-state index contributed by atoms with van der Waals surface area (Å²) in [5.41, 5.74) is 0. The molecule has 3 N–H and O–H groups in total. The summed E-state index contributed by atoms with van der Waals surface area (Å²) in [4.78, 5) is 22.0. The molecule has 0 aromatic heterocycles. The van der Waals surface area contributed by atoms with Gasteiger partial charge in [-0.25, -0.2) is 4.79 Å². The molecule has 2 atom stereocenters. The van der Waals surface area contributed by atoms with Crippen LogP contribution in [0.25, 0.3) is 0 Å². The summed E-state index contributed by atoms with van der Waals surface area (Å²) >= 11 is 0. The minimum atomic E-state index is -0.824. The Morgan fingerprint density at radius 3 is 2.24 bits per heavy atom. The number of nitrogens with one attached hydrogen (secondary N) is 2. The molecule has 5 nitrogen and oxygen atoms in total. The molecule has 100 valence electrons. The van der Waals surface area contributed by atoms with E-state index in [0.29, 0.717) is 12.5 Å². The standard InChI is InChI=1S/C12H24N2O3/c1-5-10(6-11(15)16)7-13-12(17)14-9(4)8(2)3/h8-10H,5-7H2,1-4H3,(H,15,16)(H2,13,14,17). The third-order valence-corrected chi connectivity index (χ3v) is 2.95. The maximum Gasteiger partial charge on any atom is 0.315 e. The zero-order valence-corrected chi connectivity index (χ0v) is 11.1. The Bertz CT molecular complexity index is 254. The van der Waals surface area contributed by atoms with Crippen molar-refractivity contribution in [2.75, 3.05) is 6.54 Å². The number of carbonyl (C=O) groups excluding carboxylic acids is 1. The molecule has 0 saturated heterocycles. The minimum absolute atomic E-state index is 0.00685. The van der Waals surface area contributed by atoms with E-state index in [-0.39, 0.29) is 24.4 Å². The van der Waals surface area contributed by atoms with Gasteiger partial charge in [0.25, 0.3) is 0 Å². The molecule has 0 rings (SSSR count). The monoisotopic (exact) mass is 244 g/mol. The summed E-state index contributed by atoms with van der Waals surface area (Å²) in [5, 5.41) is 14.2. The first-order valence-electron chi connectivity index (χ1n) is 6.12. The Balaban J connectivity index is 3.92. The fraction of sp³-hybridized carbons (Fsp3) is 0.833. The summed E-state index contributed by atoms with van der Waals surface area (Å²) in [6.45, 7) is 8.33. The summed E-state index contributed by atoms with van der Waals surface area (Å²) < 4.78 is 0. The Morgan fingerprint density at radius 1 is 1.24 bits per heavy atom. The van der Waals surface area contributed by atoms with Crippen molar-refractivity contribution >= 4 is 12.0 Å². The van der Waals surface area contributed by atoms with E-state index < -0.39 is 5.97 Å². The molecule has 0 aliphatic heterocycles. The second-order valence-electron chi connectivity index (χ2n) is 4.76. The van der Waals surface area contributed by atoms with Gasteiger partial charge in [0, 0.05) is 19.0 Å². The van der Waals surface area contributed by atoms with E-state index in [1.807, 2.05) is 27.7 Å². The first kappa shape index (κ1) is 15.7. The van der Waals surface area contributed by atoms with Crippen LogP contribution in [0.4, 0.5) is 4.79 Å². The van der Waals surface area contributed by atoms with Crippen LogP contribution in [0.2, 0.25) is 0 Å². The molecule has 0 radical (unpaired) electrons. The molecule has 0 bridgehead atoms. The number of carboxylic acid groups (broad SMARTS) is 1. The maximum atomic E-state index is 11.5. The van der Waals surface area contributed by atoms with Crippen molar-refractivity contribution in [1.29, 1.82) is 0 Å². The molecule has 17 heavy (non-hydrogen) atoms. The summed E-state index contributed by atoms with van der Waals surface area (Å²) in [5.74, 6) is -0.455. The zero-order valence-electron chi connectivity index (χ0n) is 11.1. The number of hydrogen-bond donors (Lipinski definition) is 3. The molecule has 5 heteroatoms. The number of amides is 2. The van der Waals surface area contributed by atoms with E-state index in [0.717, 1.165) is 6.42 Å². The Hall–Kier alpha value is -1.26. The van der Waals surface area contributed by atoms with Gasteiger partial charge in [-0.1, -0.05) is 27.2 Å². The molecule has 0 heterocycles. The van der Waals surface area contributed by atoms with Crippen molar-refractivity contribution in [1.82, 2.24) is 10.6 Å². The van der Waals surface area contributed by atoms with Gasteiger partial charge in [0.1, 0.15) is 0 Å². The second-order valence-corrected chi connectivity index (χ2v) is 4.76. The van der Waals surface area contributed by atoms with Gasteiger partial charge < -0.3 is 15.7 Å².